The molecule has 2 heterocycles. The Morgan fingerprint density at radius 2 is 1.67 bits per heavy atom. The highest BCUT2D eigenvalue weighted by molar-refractivity contribution is 6.00. The minimum Gasteiger partial charge on any atom is -0.445 e. The van der Waals surface area contributed by atoms with Gasteiger partial charge in [0.25, 0.3) is 0 Å². The van der Waals surface area contributed by atoms with Crippen LogP contribution in [-0.2, 0) is 27.4 Å². The van der Waals surface area contributed by atoms with E-state index in [9.17, 15) is 14.4 Å². The molecule has 2 aromatic carbocycles. The molecule has 2 aliphatic heterocycles. The van der Waals surface area contributed by atoms with Gasteiger partial charge in [-0.1, -0.05) is 74.5 Å². The van der Waals surface area contributed by atoms with E-state index < -0.39 is 17.7 Å². The summed E-state index contributed by atoms with van der Waals surface area (Å²) < 4.78 is 5.32. The fraction of sp³-hybridized carbons (Fsp3) is 0.595. The van der Waals surface area contributed by atoms with Gasteiger partial charge in [-0.05, 0) is 85.7 Å². The van der Waals surface area contributed by atoms with Crippen molar-refractivity contribution in [1.29, 1.82) is 0 Å². The number of amides is 3. The van der Waals surface area contributed by atoms with Crippen molar-refractivity contribution in [3.05, 3.63) is 71.8 Å². The predicted molar refractivity (Wildman–Crippen MR) is 174 cm³/mol. The molecule has 0 unspecified atom stereocenters. The van der Waals surface area contributed by atoms with Crippen molar-refractivity contribution in [3.63, 3.8) is 0 Å². The third-order valence-corrected chi connectivity index (χ3v) is 11.6. The molecule has 45 heavy (non-hydrogen) atoms. The molecule has 1 spiro atoms. The van der Waals surface area contributed by atoms with Gasteiger partial charge in [0.2, 0.25) is 11.8 Å². The van der Waals surface area contributed by atoms with Gasteiger partial charge in [-0.3, -0.25) is 9.59 Å². The quantitative estimate of drug-likeness (QED) is 0.341. The standard InChI is InChI=1S/C37H50N4O4/c1-36(2)30-16-15-29(31(36)24-30)25-41-33(42)32(14-9-20-38-35(44)45-26-28-12-7-4-8-13-28)39-34(43)37(41)18-22-40(23-19-37)21-17-27-10-5-3-6-11-27/h3-8,10-13,29-32H,9,14-26H2,1-2H3,(H,38,44)(H,39,43)/t29-,30+,31-,32+/m1/s1. The number of fused-ring (bicyclic) bond motifs is 2. The zero-order valence-electron chi connectivity index (χ0n) is 27.0. The molecule has 242 valence electrons. The van der Waals surface area contributed by atoms with Crippen LogP contribution in [0.1, 0.15) is 69.9 Å². The smallest absolute Gasteiger partial charge is 0.407 e. The number of hydrogen-bond donors (Lipinski definition) is 2. The number of carbonyl (C=O) groups excluding carboxylic acids is 3. The van der Waals surface area contributed by atoms with Crippen LogP contribution in [0.2, 0.25) is 0 Å². The summed E-state index contributed by atoms with van der Waals surface area (Å²) in [5.41, 5.74) is 1.79. The number of alkyl carbamates (subject to hydrolysis) is 1. The van der Waals surface area contributed by atoms with Gasteiger partial charge in [0.15, 0.2) is 0 Å². The Bertz CT molecular complexity index is 1320. The number of piperazine rings is 1. The number of carbonyl (C=O) groups is 3. The maximum atomic E-state index is 14.3. The minimum absolute atomic E-state index is 0.00611. The third kappa shape index (κ3) is 6.76. The number of hydrogen-bond acceptors (Lipinski definition) is 5. The number of piperidine rings is 1. The Kier molecular flexibility index (Phi) is 9.50. The highest BCUT2D eigenvalue weighted by Gasteiger charge is 2.58. The topological polar surface area (TPSA) is 91.0 Å². The zero-order valence-corrected chi connectivity index (χ0v) is 27.0. The van der Waals surface area contributed by atoms with Crippen molar-refractivity contribution in [3.8, 4) is 0 Å². The molecule has 2 bridgehead atoms. The van der Waals surface area contributed by atoms with Gasteiger partial charge in [-0.25, -0.2) is 4.79 Å². The monoisotopic (exact) mass is 614 g/mol. The summed E-state index contributed by atoms with van der Waals surface area (Å²) in [5.74, 6) is 1.90. The Labute approximate surface area is 268 Å². The summed E-state index contributed by atoms with van der Waals surface area (Å²) in [6.07, 6.45) is 6.53. The van der Waals surface area contributed by atoms with Crippen molar-refractivity contribution < 1.29 is 19.1 Å². The zero-order chi connectivity index (χ0) is 31.4. The molecule has 8 heteroatoms. The summed E-state index contributed by atoms with van der Waals surface area (Å²) >= 11 is 0. The molecule has 2 saturated heterocycles. The van der Waals surface area contributed by atoms with E-state index in [0.717, 1.165) is 44.0 Å². The van der Waals surface area contributed by atoms with Crippen LogP contribution in [0.3, 0.4) is 0 Å². The van der Waals surface area contributed by atoms with Crippen LogP contribution in [0.15, 0.2) is 60.7 Å². The lowest BCUT2D eigenvalue weighted by Gasteiger charge is -2.62. The lowest BCUT2D eigenvalue weighted by atomic mass is 9.45. The number of nitrogens with one attached hydrogen (secondary N) is 2. The molecule has 3 amide bonds. The number of likely N-dealkylation sites (tertiary alicyclic amines) is 1. The highest BCUT2D eigenvalue weighted by atomic mass is 16.5. The van der Waals surface area contributed by atoms with Gasteiger partial charge in [-0.2, -0.15) is 0 Å². The van der Waals surface area contributed by atoms with E-state index in [1.807, 2.05) is 41.3 Å². The molecule has 5 aliphatic rings. The highest BCUT2D eigenvalue weighted by Crippen LogP contribution is 2.61. The molecule has 2 N–H and O–H groups in total. The molecule has 8 nitrogen and oxygen atoms in total. The largest absolute Gasteiger partial charge is 0.445 e. The van der Waals surface area contributed by atoms with Crippen molar-refractivity contribution in [2.45, 2.75) is 83.4 Å². The van der Waals surface area contributed by atoms with Crippen LogP contribution in [0, 0.1) is 23.2 Å². The average Bonchev–Trinajstić information content (AvgIpc) is 3.07. The van der Waals surface area contributed by atoms with Gasteiger partial charge in [-0.15, -0.1) is 0 Å². The van der Waals surface area contributed by atoms with Gasteiger partial charge < -0.3 is 25.2 Å². The number of rotatable bonds is 11. The summed E-state index contributed by atoms with van der Waals surface area (Å²) in [7, 11) is 0. The summed E-state index contributed by atoms with van der Waals surface area (Å²) in [6, 6.07) is 19.5. The lowest BCUT2D eigenvalue weighted by molar-refractivity contribution is -0.168. The molecule has 3 saturated carbocycles. The Morgan fingerprint density at radius 3 is 2.33 bits per heavy atom. The molecule has 2 aromatic rings. The second-order valence-electron chi connectivity index (χ2n) is 14.4. The molecular weight excluding hydrogens is 564 g/mol. The maximum Gasteiger partial charge on any atom is 0.407 e. The van der Waals surface area contributed by atoms with E-state index in [-0.39, 0.29) is 18.4 Å². The Balaban J connectivity index is 1.07. The minimum atomic E-state index is -0.777. The number of ether oxygens (including phenoxy) is 1. The first-order valence-corrected chi connectivity index (χ1v) is 17.1. The van der Waals surface area contributed by atoms with E-state index in [2.05, 4.69) is 53.6 Å². The molecule has 5 fully saturated rings. The second kappa shape index (κ2) is 13.5. The summed E-state index contributed by atoms with van der Waals surface area (Å²) in [4.78, 5) is 45.0. The van der Waals surface area contributed by atoms with Gasteiger partial charge >= 0.3 is 6.09 Å². The van der Waals surface area contributed by atoms with E-state index in [0.29, 0.717) is 56.0 Å². The van der Waals surface area contributed by atoms with Crippen molar-refractivity contribution >= 4 is 17.9 Å². The van der Waals surface area contributed by atoms with E-state index in [4.69, 9.17) is 4.74 Å². The van der Waals surface area contributed by atoms with Crippen LogP contribution in [-0.4, -0.2) is 72.0 Å². The van der Waals surface area contributed by atoms with Crippen molar-refractivity contribution in [1.82, 2.24) is 20.4 Å². The summed E-state index contributed by atoms with van der Waals surface area (Å²) in [5, 5.41) is 5.94. The van der Waals surface area contributed by atoms with Gasteiger partial charge in [0, 0.05) is 32.7 Å². The van der Waals surface area contributed by atoms with Crippen molar-refractivity contribution in [2.24, 2.45) is 23.2 Å². The molecular formula is C37H50N4O4. The first-order valence-electron chi connectivity index (χ1n) is 17.1. The molecule has 0 radical (unpaired) electrons. The third-order valence-electron chi connectivity index (χ3n) is 11.6. The summed E-state index contributed by atoms with van der Waals surface area (Å²) in [6.45, 7) is 8.64. The second-order valence-corrected chi connectivity index (χ2v) is 14.4. The molecule has 4 atom stereocenters. The number of nitrogens with zero attached hydrogens (tertiary/aromatic N) is 2. The fourth-order valence-corrected chi connectivity index (χ4v) is 8.60. The fourth-order valence-electron chi connectivity index (χ4n) is 8.60. The number of benzene rings is 2. The first-order chi connectivity index (χ1) is 21.8. The van der Waals surface area contributed by atoms with Crippen LogP contribution < -0.4 is 10.6 Å². The Morgan fingerprint density at radius 1 is 0.978 bits per heavy atom. The Hall–Kier alpha value is -3.39. The molecule has 0 aromatic heterocycles. The maximum absolute atomic E-state index is 14.3. The van der Waals surface area contributed by atoms with Crippen LogP contribution >= 0.6 is 0 Å². The van der Waals surface area contributed by atoms with Crippen LogP contribution in [0.4, 0.5) is 4.79 Å². The van der Waals surface area contributed by atoms with E-state index in [1.165, 1.54) is 18.4 Å². The van der Waals surface area contributed by atoms with Crippen LogP contribution in [0.5, 0.6) is 0 Å². The van der Waals surface area contributed by atoms with Gasteiger partial charge in [0.1, 0.15) is 18.2 Å². The SMILES string of the molecule is CC1(C)[C@H]2CC[C@H](CN3C(=O)[C@H](CCCNC(=O)OCc4ccccc4)NC(=O)C34CCN(CCc3ccccc3)CC4)[C@H]1C2. The van der Waals surface area contributed by atoms with E-state index in [1.54, 1.807) is 0 Å². The van der Waals surface area contributed by atoms with Gasteiger partial charge in [0.05, 0.1) is 0 Å². The predicted octanol–water partition coefficient (Wildman–Crippen LogP) is 5.17. The first kappa shape index (κ1) is 31.6. The molecule has 7 rings (SSSR count). The average molecular weight is 615 g/mol. The van der Waals surface area contributed by atoms with Crippen LogP contribution in [0.25, 0.3) is 0 Å². The van der Waals surface area contributed by atoms with E-state index >= 15 is 0 Å². The normalized spacial score (nSPS) is 27.0. The lowest BCUT2D eigenvalue weighted by Crippen LogP contribution is -2.74. The van der Waals surface area contributed by atoms with Crippen molar-refractivity contribution in [2.75, 3.05) is 32.7 Å². The molecule has 3 aliphatic carbocycles.